The van der Waals surface area contributed by atoms with Crippen LogP contribution in [0.3, 0.4) is 0 Å². The number of amides is 1. The Hall–Kier alpha value is -2.47. The van der Waals surface area contributed by atoms with E-state index in [2.05, 4.69) is 22.5 Å². The van der Waals surface area contributed by atoms with Crippen LogP contribution in [0, 0.1) is 0 Å². The van der Waals surface area contributed by atoms with E-state index in [4.69, 9.17) is 9.98 Å². The average molecular weight is 551 g/mol. The maximum Gasteiger partial charge on any atom is 0.246 e. The van der Waals surface area contributed by atoms with E-state index in [1.807, 2.05) is 48.6 Å². The predicted molar refractivity (Wildman–Crippen MR) is 135 cm³/mol. The Labute approximate surface area is 203 Å². The standard InChI is InChI=1S/C21H25N7OS.HI/c1-3-22-21(23-11-17-15-30-20(25-17)16-7-5-4-6-8-16)27-9-10-28(19(29)14-27)18-12-24-26(2)13-18;/h4-8,12-13,15H,3,9-11,14H2,1-2H3,(H,22,23);1H. The number of guanidine groups is 1. The number of anilines is 1. The third-order valence-corrected chi connectivity index (χ3v) is 5.76. The van der Waals surface area contributed by atoms with E-state index < -0.39 is 0 Å². The van der Waals surface area contributed by atoms with Crippen LogP contribution in [-0.4, -0.2) is 57.7 Å². The number of thiazole rings is 1. The number of nitrogens with one attached hydrogen (secondary N) is 1. The zero-order chi connectivity index (χ0) is 20.9. The molecule has 1 aromatic carbocycles. The summed E-state index contributed by atoms with van der Waals surface area (Å²) in [6.45, 7) is 4.83. The quantitative estimate of drug-likeness (QED) is 0.300. The molecule has 8 nitrogen and oxygen atoms in total. The lowest BCUT2D eigenvalue weighted by molar-refractivity contribution is -0.120. The van der Waals surface area contributed by atoms with Crippen molar-refractivity contribution in [1.29, 1.82) is 0 Å². The predicted octanol–water partition coefficient (Wildman–Crippen LogP) is 2.98. The molecule has 0 atom stereocenters. The van der Waals surface area contributed by atoms with Gasteiger partial charge in [-0.05, 0) is 6.92 Å². The molecule has 1 saturated heterocycles. The van der Waals surface area contributed by atoms with Crippen molar-refractivity contribution in [3.05, 3.63) is 53.8 Å². The summed E-state index contributed by atoms with van der Waals surface area (Å²) in [6, 6.07) is 10.1. The molecule has 0 spiro atoms. The van der Waals surface area contributed by atoms with Crippen molar-refractivity contribution in [3.8, 4) is 10.6 Å². The SMILES string of the molecule is CCNC(=NCc1csc(-c2ccccc2)n1)N1CCN(c2cnn(C)c2)C(=O)C1.I. The first-order valence-electron chi connectivity index (χ1n) is 9.96. The van der Waals surface area contributed by atoms with Gasteiger partial charge in [-0.3, -0.25) is 9.48 Å². The lowest BCUT2D eigenvalue weighted by atomic mass is 10.2. The molecule has 10 heteroatoms. The first kappa shape index (κ1) is 23.2. The molecule has 1 aliphatic heterocycles. The number of benzene rings is 1. The molecule has 0 unspecified atom stereocenters. The average Bonchev–Trinajstić information content (AvgIpc) is 3.41. The van der Waals surface area contributed by atoms with E-state index in [0.717, 1.165) is 34.5 Å². The van der Waals surface area contributed by atoms with Crippen LogP contribution in [0.4, 0.5) is 5.69 Å². The number of halogens is 1. The number of rotatable bonds is 5. The highest BCUT2D eigenvalue weighted by atomic mass is 127. The van der Waals surface area contributed by atoms with Gasteiger partial charge in [-0.25, -0.2) is 9.98 Å². The second kappa shape index (κ2) is 10.7. The highest BCUT2D eigenvalue weighted by Gasteiger charge is 2.27. The number of nitrogens with zero attached hydrogens (tertiary/aromatic N) is 6. The van der Waals surface area contributed by atoms with Crippen molar-refractivity contribution >= 4 is 52.9 Å². The molecule has 4 rings (SSSR count). The normalized spacial score (nSPS) is 14.5. The van der Waals surface area contributed by atoms with Crippen LogP contribution in [-0.2, 0) is 18.4 Å². The topological polar surface area (TPSA) is 78.7 Å². The summed E-state index contributed by atoms with van der Waals surface area (Å²) in [5.74, 6) is 0.783. The van der Waals surface area contributed by atoms with Crippen molar-refractivity contribution in [2.24, 2.45) is 12.0 Å². The molecular weight excluding hydrogens is 525 g/mol. The molecule has 3 heterocycles. The number of aryl methyl sites for hydroxylation is 1. The number of carbonyl (C=O) groups is 1. The maximum atomic E-state index is 12.7. The van der Waals surface area contributed by atoms with Crippen LogP contribution < -0.4 is 10.2 Å². The molecule has 0 radical (unpaired) electrons. The summed E-state index contributed by atoms with van der Waals surface area (Å²) in [5.41, 5.74) is 2.87. The lowest BCUT2D eigenvalue weighted by Crippen LogP contribution is -2.55. The Morgan fingerprint density at radius 2 is 2.06 bits per heavy atom. The molecular formula is C21H26IN7OS. The Bertz CT molecular complexity index is 1030. The first-order chi connectivity index (χ1) is 14.6. The number of carbonyl (C=O) groups excluding carboxylic acids is 1. The second-order valence-electron chi connectivity index (χ2n) is 7.02. The Morgan fingerprint density at radius 1 is 1.26 bits per heavy atom. The Kier molecular flexibility index (Phi) is 8.02. The Balaban J connectivity index is 0.00000272. The molecule has 0 bridgehead atoms. The molecule has 3 aromatic rings. The number of hydrogen-bond acceptors (Lipinski definition) is 5. The molecule has 2 aromatic heterocycles. The van der Waals surface area contributed by atoms with Crippen molar-refractivity contribution in [3.63, 3.8) is 0 Å². The van der Waals surface area contributed by atoms with Gasteiger partial charge in [0.1, 0.15) is 11.6 Å². The van der Waals surface area contributed by atoms with Crippen LogP contribution >= 0.6 is 35.3 Å². The van der Waals surface area contributed by atoms with Gasteiger partial charge in [-0.2, -0.15) is 5.10 Å². The number of aromatic nitrogens is 3. The fraction of sp³-hybridized carbons (Fsp3) is 0.333. The largest absolute Gasteiger partial charge is 0.356 e. The molecule has 1 aliphatic rings. The molecule has 1 amide bonds. The number of hydrogen-bond donors (Lipinski definition) is 1. The van der Waals surface area contributed by atoms with Crippen LogP contribution in [0.25, 0.3) is 10.6 Å². The van der Waals surface area contributed by atoms with Crippen LogP contribution in [0.2, 0.25) is 0 Å². The van der Waals surface area contributed by atoms with E-state index in [0.29, 0.717) is 19.6 Å². The van der Waals surface area contributed by atoms with E-state index >= 15 is 0 Å². The summed E-state index contributed by atoms with van der Waals surface area (Å²) >= 11 is 1.62. The van der Waals surface area contributed by atoms with Crippen molar-refractivity contribution in [2.75, 3.05) is 31.1 Å². The number of aliphatic imine (C=N–C) groups is 1. The third kappa shape index (κ3) is 5.62. The summed E-state index contributed by atoms with van der Waals surface area (Å²) in [5, 5.41) is 10.5. The lowest BCUT2D eigenvalue weighted by Gasteiger charge is -2.35. The van der Waals surface area contributed by atoms with Crippen molar-refractivity contribution < 1.29 is 4.79 Å². The van der Waals surface area contributed by atoms with Gasteiger partial charge in [0, 0.05) is 43.8 Å². The van der Waals surface area contributed by atoms with Crippen molar-refractivity contribution in [2.45, 2.75) is 13.5 Å². The number of piperazine rings is 1. The zero-order valence-electron chi connectivity index (χ0n) is 17.6. The summed E-state index contributed by atoms with van der Waals surface area (Å²) in [7, 11) is 1.85. The maximum absolute atomic E-state index is 12.7. The van der Waals surface area contributed by atoms with Crippen molar-refractivity contribution in [1.82, 2.24) is 25.0 Å². The molecule has 0 aliphatic carbocycles. The Morgan fingerprint density at radius 3 is 2.74 bits per heavy atom. The van der Waals surface area contributed by atoms with E-state index in [1.54, 1.807) is 27.1 Å². The second-order valence-corrected chi connectivity index (χ2v) is 7.88. The smallest absolute Gasteiger partial charge is 0.246 e. The van der Waals surface area contributed by atoms with E-state index in [1.165, 1.54) is 0 Å². The van der Waals surface area contributed by atoms with E-state index in [-0.39, 0.29) is 36.4 Å². The summed E-state index contributed by atoms with van der Waals surface area (Å²) < 4.78 is 1.71. The van der Waals surface area contributed by atoms with Gasteiger partial charge in [0.05, 0.1) is 24.1 Å². The van der Waals surface area contributed by atoms with Gasteiger partial charge in [-0.15, -0.1) is 35.3 Å². The molecule has 1 fully saturated rings. The van der Waals surface area contributed by atoms with Gasteiger partial charge in [-0.1, -0.05) is 30.3 Å². The fourth-order valence-corrected chi connectivity index (χ4v) is 4.17. The van der Waals surface area contributed by atoms with Gasteiger partial charge in [0.25, 0.3) is 0 Å². The van der Waals surface area contributed by atoms with Gasteiger partial charge in [0.15, 0.2) is 5.96 Å². The minimum atomic E-state index is 0. The molecule has 164 valence electrons. The van der Waals surface area contributed by atoms with Gasteiger partial charge < -0.3 is 15.1 Å². The summed E-state index contributed by atoms with van der Waals surface area (Å²) in [4.78, 5) is 25.9. The van der Waals surface area contributed by atoms with Crippen LogP contribution in [0.5, 0.6) is 0 Å². The highest BCUT2D eigenvalue weighted by Crippen LogP contribution is 2.23. The summed E-state index contributed by atoms with van der Waals surface area (Å²) in [6.07, 6.45) is 3.58. The molecule has 31 heavy (non-hydrogen) atoms. The fourth-order valence-electron chi connectivity index (χ4n) is 3.35. The minimum absolute atomic E-state index is 0. The zero-order valence-corrected chi connectivity index (χ0v) is 20.7. The minimum Gasteiger partial charge on any atom is -0.356 e. The van der Waals surface area contributed by atoms with Gasteiger partial charge >= 0.3 is 0 Å². The molecule has 1 N–H and O–H groups in total. The molecule has 0 saturated carbocycles. The van der Waals surface area contributed by atoms with Crippen LogP contribution in [0.15, 0.2) is 53.1 Å². The monoisotopic (exact) mass is 551 g/mol. The first-order valence-corrected chi connectivity index (χ1v) is 10.8. The van der Waals surface area contributed by atoms with Gasteiger partial charge in [0.2, 0.25) is 5.91 Å². The van der Waals surface area contributed by atoms with E-state index in [9.17, 15) is 4.79 Å². The third-order valence-electron chi connectivity index (χ3n) is 4.82. The highest BCUT2D eigenvalue weighted by molar-refractivity contribution is 14.0. The van der Waals surface area contributed by atoms with Crippen LogP contribution in [0.1, 0.15) is 12.6 Å².